The third kappa shape index (κ3) is 2.89. The van der Waals surface area contributed by atoms with Crippen LogP contribution in [0.2, 0.25) is 0 Å². The minimum Gasteiger partial charge on any atom is -0.394 e. The van der Waals surface area contributed by atoms with Crippen molar-refractivity contribution in [1.29, 1.82) is 0 Å². The van der Waals surface area contributed by atoms with Crippen LogP contribution in [0.1, 0.15) is 40.8 Å². The molecular weight excluding hydrogens is 319 g/mol. The molecule has 4 nitrogen and oxygen atoms in total. The maximum absolute atomic E-state index is 13.6. The van der Waals surface area contributed by atoms with Gasteiger partial charge in [-0.05, 0) is 53.6 Å². The van der Waals surface area contributed by atoms with Crippen molar-refractivity contribution in [2.75, 3.05) is 13.2 Å². The first kappa shape index (κ1) is 16.1. The standard InChI is InChI=1S/C20H21FN2O2/c21-15-7-5-14-6-8-18(17(14)11-15)22-20(25)23-10-9-13-3-1-2-4-16(13)19(23)12-24/h1-5,7,11,18-19,24H,6,8-10,12H2,(H,22,25). The summed E-state index contributed by atoms with van der Waals surface area (Å²) < 4.78 is 13.6. The Hall–Kier alpha value is -2.40. The van der Waals surface area contributed by atoms with Gasteiger partial charge in [0.2, 0.25) is 0 Å². The summed E-state index contributed by atoms with van der Waals surface area (Å²) in [4.78, 5) is 14.5. The van der Waals surface area contributed by atoms with Gasteiger partial charge in [-0.3, -0.25) is 0 Å². The molecule has 25 heavy (non-hydrogen) atoms. The number of nitrogens with zero attached hydrogens (tertiary/aromatic N) is 1. The number of rotatable bonds is 2. The van der Waals surface area contributed by atoms with Gasteiger partial charge in [-0.1, -0.05) is 30.3 Å². The zero-order chi connectivity index (χ0) is 17.4. The van der Waals surface area contributed by atoms with Crippen LogP contribution in [0.25, 0.3) is 0 Å². The molecule has 1 aliphatic carbocycles. The number of carbonyl (C=O) groups excluding carboxylic acids is 1. The first-order valence-corrected chi connectivity index (χ1v) is 8.71. The summed E-state index contributed by atoms with van der Waals surface area (Å²) in [6.45, 7) is 0.455. The Morgan fingerprint density at radius 2 is 1.96 bits per heavy atom. The van der Waals surface area contributed by atoms with Crippen LogP contribution in [-0.4, -0.2) is 29.2 Å². The summed E-state index contributed by atoms with van der Waals surface area (Å²) in [7, 11) is 0. The van der Waals surface area contributed by atoms with Gasteiger partial charge in [0.1, 0.15) is 5.82 Å². The summed E-state index contributed by atoms with van der Waals surface area (Å²) in [5.41, 5.74) is 4.14. The summed E-state index contributed by atoms with van der Waals surface area (Å²) >= 11 is 0. The smallest absolute Gasteiger partial charge is 0.318 e. The minimum atomic E-state index is -0.335. The fourth-order valence-electron chi connectivity index (χ4n) is 4.05. The lowest BCUT2D eigenvalue weighted by atomic mass is 9.93. The topological polar surface area (TPSA) is 52.6 Å². The second-order valence-corrected chi connectivity index (χ2v) is 6.72. The van der Waals surface area contributed by atoms with Crippen LogP contribution in [0.5, 0.6) is 0 Å². The van der Waals surface area contributed by atoms with Crippen molar-refractivity contribution in [2.45, 2.75) is 31.3 Å². The molecule has 1 aliphatic heterocycles. The van der Waals surface area contributed by atoms with E-state index in [1.165, 1.54) is 17.7 Å². The van der Waals surface area contributed by atoms with Gasteiger partial charge in [-0.2, -0.15) is 0 Å². The lowest BCUT2D eigenvalue weighted by Crippen LogP contribution is -2.47. The van der Waals surface area contributed by atoms with Crippen molar-refractivity contribution in [3.8, 4) is 0 Å². The molecule has 2 atom stereocenters. The van der Waals surface area contributed by atoms with E-state index in [-0.39, 0.29) is 30.5 Å². The first-order chi connectivity index (χ1) is 12.2. The Morgan fingerprint density at radius 3 is 2.80 bits per heavy atom. The van der Waals surface area contributed by atoms with E-state index in [1.54, 1.807) is 11.0 Å². The van der Waals surface area contributed by atoms with Crippen LogP contribution in [0.15, 0.2) is 42.5 Å². The van der Waals surface area contributed by atoms with Crippen molar-refractivity contribution >= 4 is 6.03 Å². The highest BCUT2D eigenvalue weighted by atomic mass is 19.1. The van der Waals surface area contributed by atoms with E-state index in [0.29, 0.717) is 6.54 Å². The third-order valence-corrected chi connectivity index (χ3v) is 5.33. The molecule has 2 aliphatic rings. The molecule has 0 bridgehead atoms. The van der Waals surface area contributed by atoms with E-state index < -0.39 is 0 Å². The molecule has 0 fully saturated rings. The Morgan fingerprint density at radius 1 is 1.16 bits per heavy atom. The number of nitrogens with one attached hydrogen (secondary N) is 1. The molecule has 4 rings (SSSR count). The molecule has 2 unspecified atom stereocenters. The monoisotopic (exact) mass is 340 g/mol. The van der Waals surface area contributed by atoms with Crippen LogP contribution in [0.3, 0.4) is 0 Å². The highest BCUT2D eigenvalue weighted by Gasteiger charge is 2.32. The summed E-state index contributed by atoms with van der Waals surface area (Å²) in [6.07, 6.45) is 2.39. The fourth-order valence-corrected chi connectivity index (χ4v) is 4.05. The molecule has 0 aromatic heterocycles. The van der Waals surface area contributed by atoms with Crippen molar-refractivity contribution in [3.63, 3.8) is 0 Å². The molecule has 2 amide bonds. The van der Waals surface area contributed by atoms with Crippen LogP contribution in [0.4, 0.5) is 9.18 Å². The molecule has 0 radical (unpaired) electrons. The zero-order valence-corrected chi connectivity index (χ0v) is 13.9. The molecule has 1 heterocycles. The number of aryl methyl sites for hydroxylation is 1. The summed E-state index contributed by atoms with van der Waals surface area (Å²) in [6, 6.07) is 12.0. The van der Waals surface area contributed by atoms with E-state index in [1.807, 2.05) is 24.3 Å². The van der Waals surface area contributed by atoms with E-state index in [9.17, 15) is 14.3 Å². The Balaban J connectivity index is 1.54. The lowest BCUT2D eigenvalue weighted by Gasteiger charge is -2.37. The van der Waals surface area contributed by atoms with Crippen molar-refractivity contribution in [1.82, 2.24) is 10.2 Å². The van der Waals surface area contributed by atoms with Gasteiger partial charge < -0.3 is 15.3 Å². The number of carbonyl (C=O) groups is 1. The summed E-state index contributed by atoms with van der Waals surface area (Å²) in [5.74, 6) is -0.278. The maximum atomic E-state index is 13.6. The van der Waals surface area contributed by atoms with E-state index in [4.69, 9.17) is 0 Å². The minimum absolute atomic E-state index is 0.111. The lowest BCUT2D eigenvalue weighted by molar-refractivity contribution is 0.125. The van der Waals surface area contributed by atoms with Crippen molar-refractivity contribution < 1.29 is 14.3 Å². The van der Waals surface area contributed by atoms with Gasteiger partial charge in [-0.25, -0.2) is 9.18 Å². The van der Waals surface area contributed by atoms with Gasteiger partial charge >= 0.3 is 6.03 Å². The Bertz CT molecular complexity index is 808. The predicted molar refractivity (Wildman–Crippen MR) is 92.7 cm³/mol. The molecular formula is C20H21FN2O2. The number of halogens is 1. The van der Waals surface area contributed by atoms with Gasteiger partial charge in [0.15, 0.2) is 0 Å². The Kier molecular flexibility index (Phi) is 4.17. The van der Waals surface area contributed by atoms with E-state index in [2.05, 4.69) is 5.32 Å². The van der Waals surface area contributed by atoms with Gasteiger partial charge in [0, 0.05) is 6.54 Å². The average molecular weight is 340 g/mol. The molecule has 0 saturated heterocycles. The SMILES string of the molecule is O=C(NC1CCc2ccc(F)cc21)N1CCc2ccccc2C1CO. The van der Waals surface area contributed by atoms with Crippen molar-refractivity contribution in [2.24, 2.45) is 0 Å². The second-order valence-electron chi connectivity index (χ2n) is 6.72. The van der Waals surface area contributed by atoms with Crippen LogP contribution in [0, 0.1) is 5.82 Å². The van der Waals surface area contributed by atoms with Gasteiger partial charge in [0.05, 0.1) is 18.7 Å². The quantitative estimate of drug-likeness (QED) is 0.883. The maximum Gasteiger partial charge on any atom is 0.318 e. The normalized spacial score (nSPS) is 21.6. The molecule has 130 valence electrons. The van der Waals surface area contributed by atoms with Crippen molar-refractivity contribution in [3.05, 3.63) is 70.5 Å². The number of amides is 2. The molecule has 0 spiro atoms. The number of hydrogen-bond donors (Lipinski definition) is 2. The van der Waals surface area contributed by atoms with Crippen LogP contribution in [-0.2, 0) is 12.8 Å². The van der Waals surface area contributed by atoms with Gasteiger partial charge in [-0.15, -0.1) is 0 Å². The number of aliphatic hydroxyl groups is 1. The van der Waals surface area contributed by atoms with E-state index >= 15 is 0 Å². The highest BCUT2D eigenvalue weighted by Crippen LogP contribution is 2.33. The first-order valence-electron chi connectivity index (χ1n) is 8.71. The number of aliphatic hydroxyl groups excluding tert-OH is 1. The number of fused-ring (bicyclic) bond motifs is 2. The zero-order valence-electron chi connectivity index (χ0n) is 13.9. The third-order valence-electron chi connectivity index (χ3n) is 5.33. The molecule has 5 heteroatoms. The molecule has 0 saturated carbocycles. The summed E-state index contributed by atoms with van der Waals surface area (Å²) in [5, 5.41) is 12.9. The van der Waals surface area contributed by atoms with Crippen LogP contribution >= 0.6 is 0 Å². The number of urea groups is 1. The highest BCUT2D eigenvalue weighted by molar-refractivity contribution is 5.76. The second kappa shape index (κ2) is 6.48. The number of benzene rings is 2. The number of hydrogen-bond acceptors (Lipinski definition) is 2. The predicted octanol–water partition coefficient (Wildman–Crippen LogP) is 3.11. The fraction of sp³-hybridized carbons (Fsp3) is 0.350. The molecule has 2 aromatic rings. The van der Waals surface area contributed by atoms with E-state index in [0.717, 1.165) is 36.0 Å². The molecule has 2 N–H and O–H groups in total. The van der Waals surface area contributed by atoms with Gasteiger partial charge in [0.25, 0.3) is 0 Å². The Labute approximate surface area is 146 Å². The average Bonchev–Trinajstić information content (AvgIpc) is 3.02. The largest absolute Gasteiger partial charge is 0.394 e. The molecule has 2 aromatic carbocycles. The van der Waals surface area contributed by atoms with Crippen LogP contribution < -0.4 is 5.32 Å².